The van der Waals surface area contributed by atoms with Crippen LogP contribution in [0.15, 0.2) is 59.1 Å². The van der Waals surface area contributed by atoms with Crippen LogP contribution in [0.3, 0.4) is 0 Å². The molecule has 4 rings (SSSR count). The molecule has 124 valence electrons. The molecule has 2 aromatic heterocycles. The molecule has 2 N–H and O–H groups in total. The molecule has 2 aromatic carbocycles. The molecular weight excluding hydrogens is 316 g/mol. The highest BCUT2D eigenvalue weighted by atomic mass is 16.5. The lowest BCUT2D eigenvalue weighted by Gasteiger charge is -2.00. The molecule has 0 saturated carbocycles. The van der Waals surface area contributed by atoms with E-state index in [1.807, 2.05) is 61.5 Å². The molecule has 0 atom stereocenters. The SMILES string of the molecule is Cc1ccc(-c2cc(CNC(=O)c3n[nH]c4ccccc34)on2)cc1. The Morgan fingerprint density at radius 3 is 2.80 bits per heavy atom. The van der Waals surface area contributed by atoms with Crippen molar-refractivity contribution in [3.05, 3.63) is 71.6 Å². The standard InChI is InChI=1S/C19H16N4O2/c1-12-6-8-13(9-7-12)17-10-14(25-23-17)11-20-19(24)18-15-4-2-3-5-16(15)21-22-18/h2-10H,11H2,1H3,(H,20,24)(H,21,22). The minimum atomic E-state index is -0.259. The number of nitrogens with zero attached hydrogens (tertiary/aromatic N) is 2. The summed E-state index contributed by atoms with van der Waals surface area (Å²) in [4.78, 5) is 12.4. The molecule has 0 fully saturated rings. The van der Waals surface area contributed by atoms with Crippen molar-refractivity contribution in [2.24, 2.45) is 0 Å². The Hall–Kier alpha value is -3.41. The molecule has 0 aliphatic rings. The second kappa shape index (κ2) is 6.24. The van der Waals surface area contributed by atoms with Crippen molar-refractivity contribution in [3.63, 3.8) is 0 Å². The van der Waals surface area contributed by atoms with Gasteiger partial charge in [0.1, 0.15) is 5.69 Å². The first-order valence-electron chi connectivity index (χ1n) is 7.94. The van der Waals surface area contributed by atoms with Crippen molar-refractivity contribution in [1.82, 2.24) is 20.7 Å². The van der Waals surface area contributed by atoms with Crippen LogP contribution in [0, 0.1) is 6.92 Å². The minimum Gasteiger partial charge on any atom is -0.359 e. The summed E-state index contributed by atoms with van der Waals surface area (Å²) in [7, 11) is 0. The zero-order valence-corrected chi connectivity index (χ0v) is 13.6. The van der Waals surface area contributed by atoms with Gasteiger partial charge in [0.15, 0.2) is 11.5 Å². The molecule has 0 radical (unpaired) electrons. The maximum Gasteiger partial charge on any atom is 0.272 e. The van der Waals surface area contributed by atoms with Gasteiger partial charge in [-0.25, -0.2) is 0 Å². The fourth-order valence-corrected chi connectivity index (χ4v) is 2.64. The number of nitrogens with one attached hydrogen (secondary N) is 2. The summed E-state index contributed by atoms with van der Waals surface area (Å²) in [5.41, 5.74) is 4.11. The van der Waals surface area contributed by atoms with Crippen LogP contribution in [0.2, 0.25) is 0 Å². The van der Waals surface area contributed by atoms with E-state index in [-0.39, 0.29) is 12.5 Å². The van der Waals surface area contributed by atoms with Crippen LogP contribution in [0.4, 0.5) is 0 Å². The van der Waals surface area contributed by atoms with Crippen molar-refractivity contribution in [3.8, 4) is 11.3 Å². The molecule has 0 aliphatic heterocycles. The van der Waals surface area contributed by atoms with Gasteiger partial charge in [-0.1, -0.05) is 53.2 Å². The number of hydrogen-bond acceptors (Lipinski definition) is 4. The average Bonchev–Trinajstić information content (AvgIpc) is 3.27. The maximum absolute atomic E-state index is 12.4. The Labute approximate surface area is 143 Å². The zero-order valence-electron chi connectivity index (χ0n) is 13.6. The first-order chi connectivity index (χ1) is 12.2. The highest BCUT2D eigenvalue weighted by molar-refractivity contribution is 6.04. The summed E-state index contributed by atoms with van der Waals surface area (Å²) >= 11 is 0. The number of H-pyrrole nitrogens is 1. The first-order valence-corrected chi connectivity index (χ1v) is 7.94. The number of fused-ring (bicyclic) bond motifs is 1. The number of benzene rings is 2. The van der Waals surface area contributed by atoms with E-state index >= 15 is 0 Å². The third-order valence-electron chi connectivity index (χ3n) is 4.01. The lowest BCUT2D eigenvalue weighted by Crippen LogP contribution is -2.23. The number of aromatic nitrogens is 3. The summed E-state index contributed by atoms with van der Waals surface area (Å²) in [6, 6.07) is 17.4. The molecule has 0 unspecified atom stereocenters. The molecule has 25 heavy (non-hydrogen) atoms. The van der Waals surface area contributed by atoms with Crippen molar-refractivity contribution in [1.29, 1.82) is 0 Å². The van der Waals surface area contributed by atoms with Gasteiger partial charge in [-0.15, -0.1) is 0 Å². The molecule has 0 spiro atoms. The van der Waals surface area contributed by atoms with Gasteiger partial charge >= 0.3 is 0 Å². The second-order valence-corrected chi connectivity index (χ2v) is 5.84. The largest absolute Gasteiger partial charge is 0.359 e. The lowest BCUT2D eigenvalue weighted by molar-refractivity contribution is 0.0943. The number of carbonyl (C=O) groups is 1. The van der Waals surface area contributed by atoms with Gasteiger partial charge in [0.05, 0.1) is 12.1 Å². The summed E-state index contributed by atoms with van der Waals surface area (Å²) < 4.78 is 5.31. The van der Waals surface area contributed by atoms with Crippen LogP contribution in [0.5, 0.6) is 0 Å². The van der Waals surface area contributed by atoms with E-state index in [0.29, 0.717) is 11.5 Å². The molecule has 1 amide bonds. The van der Waals surface area contributed by atoms with Gasteiger partial charge in [0.25, 0.3) is 5.91 Å². The normalized spacial score (nSPS) is 10.9. The van der Waals surface area contributed by atoms with Gasteiger partial charge in [0.2, 0.25) is 0 Å². The summed E-state index contributed by atoms with van der Waals surface area (Å²) in [6.07, 6.45) is 0. The quantitative estimate of drug-likeness (QED) is 0.599. The molecule has 4 aromatic rings. The van der Waals surface area contributed by atoms with Gasteiger partial charge < -0.3 is 9.84 Å². The third-order valence-corrected chi connectivity index (χ3v) is 4.01. The Balaban J connectivity index is 1.46. The number of rotatable bonds is 4. The first kappa shape index (κ1) is 15.1. The van der Waals surface area contributed by atoms with Crippen molar-refractivity contribution in [2.45, 2.75) is 13.5 Å². The molecule has 0 saturated heterocycles. The van der Waals surface area contributed by atoms with Gasteiger partial charge in [-0.2, -0.15) is 5.10 Å². The highest BCUT2D eigenvalue weighted by Gasteiger charge is 2.14. The number of carbonyl (C=O) groups excluding carboxylic acids is 1. The number of aromatic amines is 1. The molecule has 6 heteroatoms. The third kappa shape index (κ3) is 3.01. The van der Waals surface area contributed by atoms with Crippen molar-refractivity contribution < 1.29 is 9.32 Å². The smallest absolute Gasteiger partial charge is 0.272 e. The predicted octanol–water partition coefficient (Wildman–Crippen LogP) is 3.46. The van der Waals surface area contributed by atoms with Crippen LogP contribution >= 0.6 is 0 Å². The van der Waals surface area contributed by atoms with Crippen LogP contribution in [-0.2, 0) is 6.54 Å². The Kier molecular flexibility index (Phi) is 3.78. The van der Waals surface area contributed by atoms with Crippen LogP contribution < -0.4 is 5.32 Å². The lowest BCUT2D eigenvalue weighted by atomic mass is 10.1. The number of para-hydroxylation sites is 1. The topological polar surface area (TPSA) is 83.8 Å². The molecule has 6 nitrogen and oxygen atoms in total. The fraction of sp³-hybridized carbons (Fsp3) is 0.105. The van der Waals surface area contributed by atoms with E-state index in [1.165, 1.54) is 5.56 Å². The Bertz CT molecular complexity index is 1030. The fourth-order valence-electron chi connectivity index (χ4n) is 2.64. The minimum absolute atomic E-state index is 0.249. The number of amides is 1. The van der Waals surface area contributed by atoms with Gasteiger partial charge in [-0.3, -0.25) is 9.89 Å². The monoisotopic (exact) mass is 332 g/mol. The number of hydrogen-bond donors (Lipinski definition) is 2. The maximum atomic E-state index is 12.4. The van der Waals surface area contributed by atoms with E-state index in [4.69, 9.17) is 4.52 Å². The van der Waals surface area contributed by atoms with E-state index in [0.717, 1.165) is 22.2 Å². The highest BCUT2D eigenvalue weighted by Crippen LogP contribution is 2.20. The van der Waals surface area contributed by atoms with Gasteiger partial charge in [-0.05, 0) is 13.0 Å². The van der Waals surface area contributed by atoms with E-state index in [1.54, 1.807) is 0 Å². The van der Waals surface area contributed by atoms with E-state index < -0.39 is 0 Å². The zero-order chi connectivity index (χ0) is 17.2. The van der Waals surface area contributed by atoms with E-state index in [2.05, 4.69) is 20.7 Å². The predicted molar refractivity (Wildman–Crippen MR) is 93.9 cm³/mol. The average molecular weight is 332 g/mol. The van der Waals surface area contributed by atoms with Crippen LogP contribution in [0.25, 0.3) is 22.2 Å². The molecular formula is C19H16N4O2. The van der Waals surface area contributed by atoms with Gasteiger partial charge in [0, 0.05) is 17.0 Å². The van der Waals surface area contributed by atoms with Crippen molar-refractivity contribution in [2.75, 3.05) is 0 Å². The Morgan fingerprint density at radius 2 is 1.96 bits per heavy atom. The summed E-state index contributed by atoms with van der Waals surface area (Å²) in [5.74, 6) is 0.328. The van der Waals surface area contributed by atoms with Crippen molar-refractivity contribution >= 4 is 16.8 Å². The second-order valence-electron chi connectivity index (χ2n) is 5.84. The number of aryl methyl sites for hydroxylation is 1. The van der Waals surface area contributed by atoms with Crippen LogP contribution in [-0.4, -0.2) is 21.3 Å². The van der Waals surface area contributed by atoms with Crippen LogP contribution in [0.1, 0.15) is 21.8 Å². The summed E-state index contributed by atoms with van der Waals surface area (Å²) in [6.45, 7) is 2.28. The summed E-state index contributed by atoms with van der Waals surface area (Å²) in [5, 5.41) is 14.6. The Morgan fingerprint density at radius 1 is 1.16 bits per heavy atom. The molecule has 0 aliphatic carbocycles. The van der Waals surface area contributed by atoms with E-state index in [9.17, 15) is 4.79 Å². The molecule has 2 heterocycles. The molecule has 0 bridgehead atoms.